The fraction of sp³-hybridized carbons (Fsp3) is 0.0179. The average molecular weight is 782 g/mol. The van der Waals surface area contributed by atoms with Crippen molar-refractivity contribution in [3.05, 3.63) is 235 Å². The van der Waals surface area contributed by atoms with Crippen LogP contribution in [-0.4, -0.2) is 15.0 Å². The van der Waals surface area contributed by atoms with E-state index in [4.69, 9.17) is 15.0 Å². The summed E-state index contributed by atoms with van der Waals surface area (Å²) in [6.45, 7) is 0. The first-order chi connectivity index (χ1) is 29.7. The second-order valence-electron chi connectivity index (χ2n) is 15.5. The van der Waals surface area contributed by atoms with Crippen LogP contribution in [0, 0.1) is 0 Å². The van der Waals surface area contributed by atoms with Gasteiger partial charge in [0.1, 0.15) is 0 Å². The van der Waals surface area contributed by atoms with Crippen LogP contribution in [0.2, 0.25) is 0 Å². The van der Waals surface area contributed by atoms with Gasteiger partial charge in [0.2, 0.25) is 0 Å². The molecule has 3 nitrogen and oxygen atoms in total. The van der Waals surface area contributed by atoms with E-state index < -0.39 is 5.41 Å². The van der Waals surface area contributed by atoms with Gasteiger partial charge in [-0.25, -0.2) is 15.0 Å². The fourth-order valence-electron chi connectivity index (χ4n) is 9.45. The lowest BCUT2D eigenvalue weighted by molar-refractivity contribution is 0.726. The molecule has 1 aliphatic heterocycles. The summed E-state index contributed by atoms with van der Waals surface area (Å²) in [6, 6.07) is 76.4. The highest BCUT2D eigenvalue weighted by atomic mass is 32.2. The summed E-state index contributed by atoms with van der Waals surface area (Å²) < 4.78 is 0. The average Bonchev–Trinajstić information content (AvgIpc) is 3.62. The molecule has 10 aromatic rings. The molecule has 0 saturated carbocycles. The van der Waals surface area contributed by atoms with E-state index in [-0.39, 0.29) is 0 Å². The largest absolute Gasteiger partial charge is 0.208 e. The lowest BCUT2D eigenvalue weighted by Crippen LogP contribution is -2.32. The highest BCUT2D eigenvalue weighted by Gasteiger charge is 2.50. The molecule has 0 unspecified atom stereocenters. The van der Waals surface area contributed by atoms with Crippen LogP contribution in [0.3, 0.4) is 0 Å². The van der Waals surface area contributed by atoms with E-state index in [1.54, 1.807) is 0 Å². The molecule has 2 heterocycles. The molecule has 0 atom stereocenters. The Morgan fingerprint density at radius 2 is 0.800 bits per heavy atom. The van der Waals surface area contributed by atoms with Gasteiger partial charge in [0.25, 0.3) is 0 Å². The van der Waals surface area contributed by atoms with E-state index in [1.807, 2.05) is 72.4 Å². The third-order valence-electron chi connectivity index (χ3n) is 12.2. The minimum atomic E-state index is -0.414. The van der Waals surface area contributed by atoms with E-state index in [0.29, 0.717) is 17.5 Å². The number of aromatic nitrogens is 3. The molecule has 0 N–H and O–H groups in total. The molecule has 1 spiro atoms. The maximum atomic E-state index is 4.98. The Morgan fingerprint density at radius 3 is 1.45 bits per heavy atom. The maximum Gasteiger partial charge on any atom is 0.164 e. The van der Waals surface area contributed by atoms with Crippen molar-refractivity contribution in [2.75, 3.05) is 0 Å². The highest BCUT2D eigenvalue weighted by molar-refractivity contribution is 7.99. The molecule has 0 bridgehead atoms. The molecule has 1 aliphatic carbocycles. The molecule has 0 radical (unpaired) electrons. The zero-order chi connectivity index (χ0) is 39.6. The monoisotopic (exact) mass is 781 g/mol. The van der Waals surface area contributed by atoms with Crippen molar-refractivity contribution in [1.29, 1.82) is 0 Å². The smallest absolute Gasteiger partial charge is 0.164 e. The highest BCUT2D eigenvalue weighted by Crippen LogP contribution is 2.63. The van der Waals surface area contributed by atoms with Gasteiger partial charge in [-0.2, -0.15) is 0 Å². The minimum Gasteiger partial charge on any atom is -0.208 e. The van der Waals surface area contributed by atoms with Crippen molar-refractivity contribution in [2.24, 2.45) is 0 Å². The predicted octanol–water partition coefficient (Wildman–Crippen LogP) is 14.2. The second-order valence-corrected chi connectivity index (χ2v) is 16.6. The molecule has 1 aromatic heterocycles. The van der Waals surface area contributed by atoms with E-state index in [9.17, 15) is 0 Å². The van der Waals surface area contributed by atoms with Gasteiger partial charge in [-0.15, -0.1) is 0 Å². The Kier molecular flexibility index (Phi) is 8.00. The van der Waals surface area contributed by atoms with Crippen LogP contribution in [0.5, 0.6) is 0 Å². The normalized spacial score (nSPS) is 13.1. The van der Waals surface area contributed by atoms with Crippen molar-refractivity contribution < 1.29 is 0 Å². The Labute approximate surface area is 353 Å². The topological polar surface area (TPSA) is 38.7 Å². The van der Waals surface area contributed by atoms with Crippen LogP contribution in [0.1, 0.15) is 22.3 Å². The van der Waals surface area contributed by atoms with Crippen LogP contribution in [0.25, 0.3) is 78.3 Å². The van der Waals surface area contributed by atoms with E-state index in [1.165, 1.54) is 65.1 Å². The molecular formula is C56H35N3S. The molecule has 280 valence electrons. The summed E-state index contributed by atoms with van der Waals surface area (Å²) in [5.74, 6) is 1.95. The van der Waals surface area contributed by atoms with Gasteiger partial charge in [-0.05, 0) is 78.5 Å². The van der Waals surface area contributed by atoms with Crippen molar-refractivity contribution in [3.8, 4) is 67.5 Å². The third kappa shape index (κ3) is 5.42. The molecule has 2 aliphatic rings. The first kappa shape index (κ1) is 34.6. The van der Waals surface area contributed by atoms with Gasteiger partial charge in [0, 0.05) is 26.5 Å². The summed E-state index contributed by atoms with van der Waals surface area (Å²) in [4.78, 5) is 17.5. The van der Waals surface area contributed by atoms with Crippen molar-refractivity contribution in [2.45, 2.75) is 15.2 Å². The van der Waals surface area contributed by atoms with Gasteiger partial charge < -0.3 is 0 Å². The molecule has 60 heavy (non-hydrogen) atoms. The van der Waals surface area contributed by atoms with E-state index in [2.05, 4.69) is 152 Å². The number of hydrogen-bond acceptors (Lipinski definition) is 4. The number of hydrogen-bond donors (Lipinski definition) is 0. The molecule has 0 fully saturated rings. The Bertz CT molecular complexity index is 3180. The van der Waals surface area contributed by atoms with Gasteiger partial charge in [-0.1, -0.05) is 212 Å². The van der Waals surface area contributed by atoms with Crippen LogP contribution in [0.15, 0.2) is 222 Å². The fourth-order valence-corrected chi connectivity index (χ4v) is 10.8. The van der Waals surface area contributed by atoms with Crippen LogP contribution in [0.4, 0.5) is 0 Å². The summed E-state index contributed by atoms with van der Waals surface area (Å²) in [5.41, 5.74) is 15.1. The lowest BCUT2D eigenvalue weighted by atomic mass is 9.67. The molecule has 0 saturated heterocycles. The number of nitrogens with zero attached hydrogens (tertiary/aromatic N) is 3. The second kappa shape index (κ2) is 13.9. The van der Waals surface area contributed by atoms with Crippen LogP contribution in [-0.2, 0) is 5.41 Å². The standard InChI is InChI=1S/C56H35N3S/c1-3-15-39(16-4-1)53-57-54(40-17-5-2-6-18-40)59-55(58-53)43-20-13-19-41(34-43)36-26-28-37(29-27-36)42-31-32-49-51(35-42)60-52-44-21-8-7-14-38(44)30-33-50(52)56(49)47-24-11-9-22-45(47)46-23-10-12-25-48(46)56/h1-35H. The predicted molar refractivity (Wildman–Crippen MR) is 246 cm³/mol. The zero-order valence-electron chi connectivity index (χ0n) is 32.5. The number of benzene rings is 9. The third-order valence-corrected chi connectivity index (χ3v) is 13.4. The summed E-state index contributed by atoms with van der Waals surface area (Å²) in [5, 5.41) is 2.56. The molecule has 4 heteroatoms. The first-order valence-corrected chi connectivity index (χ1v) is 21.2. The molecule has 0 amide bonds. The van der Waals surface area contributed by atoms with Gasteiger partial charge in [0.05, 0.1) is 5.41 Å². The first-order valence-electron chi connectivity index (χ1n) is 20.3. The molecular weight excluding hydrogens is 747 g/mol. The number of fused-ring (bicyclic) bond motifs is 11. The van der Waals surface area contributed by atoms with Crippen molar-refractivity contribution in [3.63, 3.8) is 0 Å². The lowest BCUT2D eigenvalue weighted by Gasteiger charge is -2.40. The quantitative estimate of drug-likeness (QED) is 0.174. The Morgan fingerprint density at radius 1 is 0.317 bits per heavy atom. The number of rotatable bonds is 5. The van der Waals surface area contributed by atoms with Gasteiger partial charge >= 0.3 is 0 Å². The molecule has 12 rings (SSSR count). The van der Waals surface area contributed by atoms with Crippen molar-refractivity contribution >= 4 is 22.5 Å². The Hall–Kier alpha value is -7.40. The Balaban J connectivity index is 0.939. The summed E-state index contributed by atoms with van der Waals surface area (Å²) in [6.07, 6.45) is 0. The molecule has 9 aromatic carbocycles. The van der Waals surface area contributed by atoms with Crippen LogP contribution < -0.4 is 0 Å². The summed E-state index contributed by atoms with van der Waals surface area (Å²) in [7, 11) is 0. The SMILES string of the molecule is c1ccc(-c2nc(-c3ccccc3)nc(-c3cccc(-c4ccc(-c5ccc6c(c5)Sc5c(ccc7ccccc57)C65c6ccccc6-c6ccccc65)cc4)c3)n2)cc1. The maximum absolute atomic E-state index is 4.98. The zero-order valence-corrected chi connectivity index (χ0v) is 33.3. The minimum absolute atomic E-state index is 0.414. The van der Waals surface area contributed by atoms with E-state index in [0.717, 1.165) is 27.8 Å². The van der Waals surface area contributed by atoms with Gasteiger partial charge in [-0.3, -0.25) is 0 Å². The summed E-state index contributed by atoms with van der Waals surface area (Å²) >= 11 is 1.91. The van der Waals surface area contributed by atoms with Crippen molar-refractivity contribution in [1.82, 2.24) is 15.0 Å². The van der Waals surface area contributed by atoms with E-state index >= 15 is 0 Å². The van der Waals surface area contributed by atoms with Crippen LogP contribution >= 0.6 is 11.8 Å². The van der Waals surface area contributed by atoms with Gasteiger partial charge in [0.15, 0.2) is 17.5 Å².